The Balaban J connectivity index is 1.31. The number of carbonyl (C=O) groups excluding carboxylic acids is 1. The molecule has 1 aromatic heterocycles. The number of aromatic amines is 1. The Morgan fingerprint density at radius 1 is 1.19 bits per heavy atom. The first-order chi connectivity index (χ1) is 13.2. The summed E-state index contributed by atoms with van der Waals surface area (Å²) in [6, 6.07) is 8.35. The highest BCUT2D eigenvalue weighted by molar-refractivity contribution is 7.99. The number of hydrogen-bond donors (Lipinski definition) is 1. The Kier molecular flexibility index (Phi) is 5.81. The molecule has 1 aliphatic carbocycles. The summed E-state index contributed by atoms with van der Waals surface area (Å²) in [6.45, 7) is 4.02. The molecule has 1 aliphatic heterocycles. The zero-order valence-electron chi connectivity index (χ0n) is 16.0. The normalized spacial score (nSPS) is 22.5. The maximum Gasteiger partial charge on any atom is 0.233 e. The minimum atomic E-state index is 0.225. The van der Waals surface area contributed by atoms with Gasteiger partial charge in [0, 0.05) is 18.7 Å². The predicted octanol–water partition coefficient (Wildman–Crippen LogP) is 4.16. The second-order valence-electron chi connectivity index (χ2n) is 7.74. The third-order valence-corrected chi connectivity index (χ3v) is 6.90. The highest BCUT2D eigenvalue weighted by atomic mass is 32.2. The zero-order valence-corrected chi connectivity index (χ0v) is 16.8. The fourth-order valence-corrected chi connectivity index (χ4v) is 5.08. The lowest BCUT2D eigenvalue weighted by molar-refractivity contribution is -0.131. The number of rotatable bonds is 5. The van der Waals surface area contributed by atoms with Crippen molar-refractivity contribution in [2.45, 2.75) is 50.6 Å². The Labute approximate surface area is 165 Å². The molecular formula is C21H28N4OS. The van der Waals surface area contributed by atoms with Gasteiger partial charge in [0.05, 0.1) is 5.75 Å². The summed E-state index contributed by atoms with van der Waals surface area (Å²) in [5.74, 6) is 2.98. The Morgan fingerprint density at radius 2 is 1.96 bits per heavy atom. The number of fused-ring (bicyclic) bond motifs is 1. The first-order valence-corrected chi connectivity index (χ1v) is 11.1. The molecule has 2 aliphatic rings. The van der Waals surface area contributed by atoms with Gasteiger partial charge in [-0.15, -0.1) is 5.10 Å². The number of nitrogens with one attached hydrogen (secondary N) is 1. The van der Waals surface area contributed by atoms with E-state index in [9.17, 15) is 4.79 Å². The van der Waals surface area contributed by atoms with Crippen LogP contribution in [0.1, 0.15) is 44.6 Å². The van der Waals surface area contributed by atoms with Gasteiger partial charge in [-0.2, -0.15) is 0 Å². The molecule has 0 bridgehead atoms. The van der Waals surface area contributed by atoms with Crippen molar-refractivity contribution >= 4 is 17.7 Å². The lowest BCUT2D eigenvalue weighted by Gasteiger charge is -2.41. The van der Waals surface area contributed by atoms with Crippen LogP contribution in [0.15, 0.2) is 29.4 Å². The summed E-state index contributed by atoms with van der Waals surface area (Å²) in [6.07, 6.45) is 7.57. The van der Waals surface area contributed by atoms with E-state index in [1.807, 2.05) is 0 Å². The van der Waals surface area contributed by atoms with Crippen LogP contribution in [0.3, 0.4) is 0 Å². The monoisotopic (exact) mass is 384 g/mol. The first kappa shape index (κ1) is 18.5. The van der Waals surface area contributed by atoms with Crippen LogP contribution in [0.5, 0.6) is 0 Å². The van der Waals surface area contributed by atoms with E-state index in [-0.39, 0.29) is 5.91 Å². The van der Waals surface area contributed by atoms with Gasteiger partial charge >= 0.3 is 0 Å². The molecule has 1 aromatic carbocycles. The molecule has 1 amide bonds. The molecule has 2 aromatic rings. The molecule has 5 nitrogen and oxygen atoms in total. The number of amides is 1. The van der Waals surface area contributed by atoms with E-state index in [0.717, 1.165) is 42.7 Å². The first-order valence-electron chi connectivity index (χ1n) is 10.1. The van der Waals surface area contributed by atoms with Crippen LogP contribution in [0.4, 0.5) is 0 Å². The Hall–Kier alpha value is -1.82. The second kappa shape index (κ2) is 8.46. The maximum atomic E-state index is 12.6. The lowest BCUT2D eigenvalue weighted by atomic mass is 9.75. The van der Waals surface area contributed by atoms with Crippen LogP contribution in [0, 0.1) is 11.8 Å². The molecule has 0 radical (unpaired) electrons. The summed E-state index contributed by atoms with van der Waals surface area (Å²) < 4.78 is 0. The molecule has 4 rings (SSSR count). The number of benzene rings is 1. The number of likely N-dealkylation sites (tertiary alicyclic amines) is 1. The van der Waals surface area contributed by atoms with Crippen LogP contribution in [-0.2, 0) is 11.2 Å². The number of thioether (sulfide) groups is 1. The minimum absolute atomic E-state index is 0.225. The van der Waals surface area contributed by atoms with E-state index in [2.05, 4.69) is 51.3 Å². The topological polar surface area (TPSA) is 61.9 Å². The van der Waals surface area contributed by atoms with Crippen molar-refractivity contribution in [2.75, 3.05) is 18.8 Å². The van der Waals surface area contributed by atoms with Gasteiger partial charge in [-0.1, -0.05) is 62.2 Å². The van der Waals surface area contributed by atoms with E-state index < -0.39 is 0 Å². The number of nitrogens with zero attached hydrogens (tertiary/aromatic N) is 3. The number of hydrogen-bond acceptors (Lipinski definition) is 4. The van der Waals surface area contributed by atoms with Crippen molar-refractivity contribution in [3.8, 4) is 11.4 Å². The molecule has 27 heavy (non-hydrogen) atoms. The van der Waals surface area contributed by atoms with Gasteiger partial charge < -0.3 is 4.90 Å². The Morgan fingerprint density at radius 3 is 2.74 bits per heavy atom. The van der Waals surface area contributed by atoms with Gasteiger partial charge in [-0.05, 0) is 36.7 Å². The average molecular weight is 385 g/mol. The van der Waals surface area contributed by atoms with Gasteiger partial charge in [-0.25, -0.2) is 4.98 Å². The number of aryl methyl sites for hydroxylation is 1. The van der Waals surface area contributed by atoms with E-state index >= 15 is 0 Å². The molecule has 0 unspecified atom stereocenters. The summed E-state index contributed by atoms with van der Waals surface area (Å²) in [7, 11) is 0. The molecule has 1 N–H and O–H groups in total. The van der Waals surface area contributed by atoms with E-state index in [4.69, 9.17) is 0 Å². The molecular weight excluding hydrogens is 356 g/mol. The largest absolute Gasteiger partial charge is 0.342 e. The average Bonchev–Trinajstić information content (AvgIpc) is 3.21. The molecule has 144 valence electrons. The third kappa shape index (κ3) is 4.37. The third-order valence-electron chi connectivity index (χ3n) is 6.07. The summed E-state index contributed by atoms with van der Waals surface area (Å²) in [4.78, 5) is 19.2. The highest BCUT2D eigenvalue weighted by Crippen LogP contribution is 2.36. The molecule has 6 heteroatoms. The predicted molar refractivity (Wildman–Crippen MR) is 109 cm³/mol. The van der Waals surface area contributed by atoms with Crippen molar-refractivity contribution in [1.82, 2.24) is 20.1 Å². The molecule has 0 spiro atoms. The van der Waals surface area contributed by atoms with E-state index in [0.29, 0.717) is 10.9 Å². The van der Waals surface area contributed by atoms with Crippen molar-refractivity contribution < 1.29 is 4.79 Å². The van der Waals surface area contributed by atoms with E-state index in [1.54, 1.807) is 0 Å². The fraction of sp³-hybridized carbons (Fsp3) is 0.571. The number of carbonyl (C=O) groups is 1. The van der Waals surface area contributed by atoms with Crippen LogP contribution in [-0.4, -0.2) is 44.8 Å². The van der Waals surface area contributed by atoms with Crippen molar-refractivity contribution in [2.24, 2.45) is 11.8 Å². The summed E-state index contributed by atoms with van der Waals surface area (Å²) >= 11 is 1.43. The van der Waals surface area contributed by atoms with E-state index in [1.165, 1.54) is 49.4 Å². The van der Waals surface area contributed by atoms with Crippen LogP contribution >= 0.6 is 11.8 Å². The molecule has 2 heterocycles. The van der Waals surface area contributed by atoms with Gasteiger partial charge in [0.15, 0.2) is 5.82 Å². The minimum Gasteiger partial charge on any atom is -0.342 e. The van der Waals surface area contributed by atoms with Gasteiger partial charge in [0.1, 0.15) is 0 Å². The van der Waals surface area contributed by atoms with Gasteiger partial charge in [0.2, 0.25) is 11.1 Å². The number of H-pyrrole nitrogens is 1. The standard InChI is InChI=1S/C21H28N4OS/c1-2-15-7-9-17(10-8-15)20-22-21(24-23-20)27-14-19(26)25-12-11-16-5-3-4-6-18(16)13-25/h7-10,16,18H,2-6,11-14H2,1H3,(H,22,23,24)/t16-,18-/m1/s1. The number of aromatic nitrogens is 3. The maximum absolute atomic E-state index is 12.6. The molecule has 2 atom stereocenters. The highest BCUT2D eigenvalue weighted by Gasteiger charge is 2.32. The van der Waals surface area contributed by atoms with Crippen molar-refractivity contribution in [3.05, 3.63) is 29.8 Å². The van der Waals surface area contributed by atoms with Crippen LogP contribution in [0.2, 0.25) is 0 Å². The van der Waals surface area contributed by atoms with Gasteiger partial charge in [-0.3, -0.25) is 9.89 Å². The molecule has 1 saturated heterocycles. The van der Waals surface area contributed by atoms with Crippen molar-refractivity contribution in [3.63, 3.8) is 0 Å². The fourth-order valence-electron chi connectivity index (χ4n) is 4.38. The SMILES string of the molecule is CCc1ccc(-c2nc(SCC(=O)N3CC[C@H]4CCCC[C@@H]4C3)n[nH]2)cc1. The summed E-state index contributed by atoms with van der Waals surface area (Å²) in [5, 5.41) is 7.91. The van der Waals surface area contributed by atoms with Gasteiger partial charge in [0.25, 0.3) is 0 Å². The molecule has 2 fully saturated rings. The number of piperidine rings is 1. The zero-order chi connectivity index (χ0) is 18.6. The Bertz CT molecular complexity index is 773. The lowest BCUT2D eigenvalue weighted by Crippen LogP contribution is -2.45. The quantitative estimate of drug-likeness (QED) is 0.786. The van der Waals surface area contributed by atoms with Crippen molar-refractivity contribution in [1.29, 1.82) is 0 Å². The molecule has 1 saturated carbocycles. The van der Waals surface area contributed by atoms with Crippen LogP contribution < -0.4 is 0 Å². The second-order valence-corrected chi connectivity index (χ2v) is 8.68. The summed E-state index contributed by atoms with van der Waals surface area (Å²) in [5.41, 5.74) is 2.33. The van der Waals surface area contributed by atoms with Crippen LogP contribution in [0.25, 0.3) is 11.4 Å². The smallest absolute Gasteiger partial charge is 0.233 e.